The molecule has 2 rings (SSSR count). The van der Waals surface area contributed by atoms with Crippen LogP contribution in [0.25, 0.3) is 5.69 Å². The molecule has 88 valence electrons. The van der Waals surface area contributed by atoms with Gasteiger partial charge in [0.15, 0.2) is 5.75 Å². The number of halogens is 1. The molecule has 0 saturated heterocycles. The fraction of sp³-hybridized carbons (Fsp3) is 0.154. The number of para-hydroxylation sites is 1. The second kappa shape index (κ2) is 4.63. The zero-order valence-electron chi connectivity index (χ0n) is 9.61. The molecule has 0 aliphatic heterocycles. The minimum absolute atomic E-state index is 0.131. The van der Waals surface area contributed by atoms with E-state index in [1.165, 1.54) is 13.2 Å². The molecule has 0 spiro atoms. The molecule has 0 fully saturated rings. The molecule has 0 N–H and O–H groups in total. The Morgan fingerprint density at radius 1 is 1.24 bits per heavy atom. The standard InChI is InChI=1S/C13H12ClNO2/c1-9-13(17-2)12(16)7-8-15(9)11-6-4-3-5-10(11)14/h3-8H,1-2H3. The first-order valence-electron chi connectivity index (χ1n) is 5.16. The van der Waals surface area contributed by atoms with E-state index >= 15 is 0 Å². The number of benzene rings is 1. The van der Waals surface area contributed by atoms with Crippen LogP contribution in [0.3, 0.4) is 0 Å². The molecule has 3 nitrogen and oxygen atoms in total. The fourth-order valence-electron chi connectivity index (χ4n) is 1.77. The lowest BCUT2D eigenvalue weighted by Crippen LogP contribution is -2.12. The van der Waals surface area contributed by atoms with Crippen LogP contribution in [0, 0.1) is 6.92 Å². The maximum Gasteiger partial charge on any atom is 0.223 e. The van der Waals surface area contributed by atoms with Crippen LogP contribution in [0.2, 0.25) is 5.02 Å². The number of methoxy groups -OCH3 is 1. The Hall–Kier alpha value is -1.74. The molecular weight excluding hydrogens is 238 g/mol. The fourth-order valence-corrected chi connectivity index (χ4v) is 2.00. The van der Waals surface area contributed by atoms with Crippen LogP contribution < -0.4 is 10.2 Å². The first-order chi connectivity index (χ1) is 8.15. The summed E-state index contributed by atoms with van der Waals surface area (Å²) >= 11 is 6.13. The van der Waals surface area contributed by atoms with Crippen LogP contribution in [0.5, 0.6) is 5.75 Å². The third-order valence-electron chi connectivity index (χ3n) is 2.60. The average molecular weight is 250 g/mol. The lowest BCUT2D eigenvalue weighted by atomic mass is 10.2. The first kappa shape index (κ1) is 11.7. The smallest absolute Gasteiger partial charge is 0.223 e. The lowest BCUT2D eigenvalue weighted by Gasteiger charge is -2.14. The van der Waals surface area contributed by atoms with Crippen molar-refractivity contribution in [2.45, 2.75) is 6.92 Å². The van der Waals surface area contributed by atoms with E-state index < -0.39 is 0 Å². The van der Waals surface area contributed by atoms with E-state index in [9.17, 15) is 4.79 Å². The molecule has 0 aliphatic rings. The van der Waals surface area contributed by atoms with Crippen molar-refractivity contribution in [2.75, 3.05) is 7.11 Å². The number of pyridine rings is 1. The molecule has 17 heavy (non-hydrogen) atoms. The van der Waals surface area contributed by atoms with Crippen molar-refractivity contribution in [3.63, 3.8) is 0 Å². The van der Waals surface area contributed by atoms with E-state index in [0.717, 1.165) is 11.4 Å². The Bertz CT molecular complexity index is 605. The highest BCUT2D eigenvalue weighted by Crippen LogP contribution is 2.23. The summed E-state index contributed by atoms with van der Waals surface area (Å²) in [5, 5.41) is 0.626. The SMILES string of the molecule is COc1c(C)n(-c2ccccc2Cl)ccc1=O. The summed E-state index contributed by atoms with van der Waals surface area (Å²) in [6, 6.07) is 8.92. The Labute approximate surface area is 104 Å². The molecule has 1 heterocycles. The Balaban J connectivity index is 2.70. The second-order valence-corrected chi connectivity index (χ2v) is 4.03. The van der Waals surface area contributed by atoms with Crippen molar-refractivity contribution in [1.82, 2.24) is 4.57 Å². The van der Waals surface area contributed by atoms with Crippen molar-refractivity contribution in [1.29, 1.82) is 0 Å². The topological polar surface area (TPSA) is 31.2 Å². The van der Waals surface area contributed by atoms with Gasteiger partial charge in [0.05, 0.1) is 23.5 Å². The molecule has 1 aromatic carbocycles. The maximum atomic E-state index is 11.6. The number of hydrogen-bond donors (Lipinski definition) is 0. The third kappa shape index (κ3) is 2.06. The van der Waals surface area contributed by atoms with Crippen LogP contribution in [0.1, 0.15) is 5.69 Å². The highest BCUT2D eigenvalue weighted by atomic mass is 35.5. The van der Waals surface area contributed by atoms with Gasteiger partial charge in [-0.3, -0.25) is 4.79 Å². The quantitative estimate of drug-likeness (QED) is 0.820. The van der Waals surface area contributed by atoms with Gasteiger partial charge in [0.2, 0.25) is 5.43 Å². The molecule has 0 saturated carbocycles. The Morgan fingerprint density at radius 2 is 1.94 bits per heavy atom. The minimum Gasteiger partial charge on any atom is -0.491 e. The van der Waals surface area contributed by atoms with E-state index in [1.807, 2.05) is 29.7 Å². The van der Waals surface area contributed by atoms with E-state index in [1.54, 1.807) is 12.3 Å². The molecule has 0 aliphatic carbocycles. The zero-order chi connectivity index (χ0) is 12.4. The minimum atomic E-state index is -0.131. The molecule has 0 unspecified atom stereocenters. The maximum absolute atomic E-state index is 11.6. The summed E-state index contributed by atoms with van der Waals surface area (Å²) in [6.45, 7) is 1.82. The van der Waals surface area contributed by atoms with Gasteiger partial charge in [-0.25, -0.2) is 0 Å². The van der Waals surface area contributed by atoms with Crippen molar-refractivity contribution < 1.29 is 4.74 Å². The van der Waals surface area contributed by atoms with E-state index in [0.29, 0.717) is 10.8 Å². The summed E-state index contributed by atoms with van der Waals surface area (Å²) in [5.41, 5.74) is 1.42. The van der Waals surface area contributed by atoms with Gasteiger partial charge >= 0.3 is 0 Å². The molecule has 4 heteroatoms. The molecule has 0 amide bonds. The van der Waals surface area contributed by atoms with Gasteiger partial charge in [-0.05, 0) is 19.1 Å². The highest BCUT2D eigenvalue weighted by Gasteiger charge is 2.10. The average Bonchev–Trinajstić information content (AvgIpc) is 2.31. The van der Waals surface area contributed by atoms with Gasteiger partial charge in [0, 0.05) is 12.3 Å². The molecule has 2 aromatic rings. The number of ether oxygens (including phenoxy) is 1. The summed E-state index contributed by atoms with van der Waals surface area (Å²) in [5.74, 6) is 0.340. The highest BCUT2D eigenvalue weighted by molar-refractivity contribution is 6.32. The van der Waals surface area contributed by atoms with Crippen LogP contribution in [0.15, 0.2) is 41.3 Å². The predicted molar refractivity (Wildman–Crippen MR) is 68.3 cm³/mol. The molecule has 0 radical (unpaired) electrons. The van der Waals surface area contributed by atoms with Gasteiger partial charge in [-0.2, -0.15) is 0 Å². The number of aromatic nitrogens is 1. The summed E-state index contributed by atoms with van der Waals surface area (Å²) in [6.07, 6.45) is 1.70. The molecular formula is C13H12ClNO2. The zero-order valence-corrected chi connectivity index (χ0v) is 10.4. The summed E-state index contributed by atoms with van der Waals surface area (Å²) < 4.78 is 6.94. The van der Waals surface area contributed by atoms with Gasteiger partial charge in [-0.15, -0.1) is 0 Å². The number of hydrogen-bond acceptors (Lipinski definition) is 2. The van der Waals surface area contributed by atoms with Gasteiger partial charge in [0.1, 0.15) is 0 Å². The van der Waals surface area contributed by atoms with Crippen LogP contribution >= 0.6 is 11.6 Å². The largest absolute Gasteiger partial charge is 0.491 e. The number of rotatable bonds is 2. The van der Waals surface area contributed by atoms with Crippen molar-refractivity contribution in [3.05, 3.63) is 57.5 Å². The van der Waals surface area contributed by atoms with Gasteiger partial charge < -0.3 is 9.30 Å². The van der Waals surface area contributed by atoms with E-state index in [4.69, 9.17) is 16.3 Å². The normalized spacial score (nSPS) is 10.3. The molecule has 1 aromatic heterocycles. The van der Waals surface area contributed by atoms with Crippen LogP contribution in [-0.2, 0) is 0 Å². The summed E-state index contributed by atoms with van der Waals surface area (Å²) in [7, 11) is 1.49. The van der Waals surface area contributed by atoms with E-state index in [-0.39, 0.29) is 5.43 Å². The lowest BCUT2D eigenvalue weighted by molar-refractivity contribution is 0.403. The predicted octanol–water partition coefficient (Wildman–Crippen LogP) is 2.81. The monoisotopic (exact) mass is 249 g/mol. The van der Waals surface area contributed by atoms with Crippen molar-refractivity contribution >= 4 is 11.6 Å². The van der Waals surface area contributed by atoms with Crippen LogP contribution in [-0.4, -0.2) is 11.7 Å². The first-order valence-corrected chi connectivity index (χ1v) is 5.54. The Kier molecular flexibility index (Phi) is 3.20. The Morgan fingerprint density at radius 3 is 2.59 bits per heavy atom. The van der Waals surface area contributed by atoms with E-state index in [2.05, 4.69) is 0 Å². The van der Waals surface area contributed by atoms with Crippen molar-refractivity contribution in [3.8, 4) is 11.4 Å². The summed E-state index contributed by atoms with van der Waals surface area (Å²) in [4.78, 5) is 11.6. The van der Waals surface area contributed by atoms with Gasteiger partial charge in [-0.1, -0.05) is 23.7 Å². The second-order valence-electron chi connectivity index (χ2n) is 3.62. The third-order valence-corrected chi connectivity index (χ3v) is 2.92. The van der Waals surface area contributed by atoms with Crippen LogP contribution in [0.4, 0.5) is 0 Å². The van der Waals surface area contributed by atoms with Gasteiger partial charge in [0.25, 0.3) is 0 Å². The molecule has 0 atom stereocenters. The van der Waals surface area contributed by atoms with Crippen molar-refractivity contribution in [2.24, 2.45) is 0 Å². The molecule has 0 bridgehead atoms. The number of nitrogens with zero attached hydrogens (tertiary/aromatic N) is 1.